The third kappa shape index (κ3) is 4.26. The first-order chi connectivity index (χ1) is 14.0. The first kappa shape index (κ1) is 19.0. The number of para-hydroxylation sites is 3. The van der Waals surface area contributed by atoms with Gasteiger partial charge in [0.25, 0.3) is 5.56 Å². The van der Waals surface area contributed by atoms with Crippen molar-refractivity contribution in [1.29, 1.82) is 0 Å². The second-order valence-corrected chi connectivity index (χ2v) is 6.87. The molecular formula is C21H19F2N3O3. The van der Waals surface area contributed by atoms with Crippen molar-refractivity contribution < 1.29 is 18.3 Å². The van der Waals surface area contributed by atoms with Gasteiger partial charge in [-0.15, -0.1) is 0 Å². The average molecular weight is 399 g/mol. The van der Waals surface area contributed by atoms with Gasteiger partial charge in [-0.25, -0.2) is 4.98 Å². The number of hydrogen-bond donors (Lipinski definition) is 1. The van der Waals surface area contributed by atoms with Crippen LogP contribution >= 0.6 is 0 Å². The Bertz CT molecular complexity index is 1110. The number of carbonyl (C=O) groups is 1. The van der Waals surface area contributed by atoms with Gasteiger partial charge in [0.15, 0.2) is 0 Å². The predicted molar refractivity (Wildman–Crippen MR) is 104 cm³/mol. The molecule has 0 atom stereocenters. The Balaban J connectivity index is 1.52. The minimum Gasteiger partial charge on any atom is -0.433 e. The Morgan fingerprint density at radius 2 is 1.90 bits per heavy atom. The number of benzene rings is 2. The van der Waals surface area contributed by atoms with Crippen LogP contribution in [0.25, 0.3) is 10.9 Å². The summed E-state index contributed by atoms with van der Waals surface area (Å²) in [6.45, 7) is -2.98. The number of amides is 1. The van der Waals surface area contributed by atoms with Crippen LogP contribution in [0, 0.1) is 0 Å². The number of fused-ring (bicyclic) bond motifs is 1. The van der Waals surface area contributed by atoms with E-state index in [1.165, 1.54) is 12.1 Å². The summed E-state index contributed by atoms with van der Waals surface area (Å²) in [5.74, 6) is 0.0816. The van der Waals surface area contributed by atoms with E-state index in [9.17, 15) is 18.4 Å². The zero-order chi connectivity index (χ0) is 20.4. The van der Waals surface area contributed by atoms with Crippen LogP contribution in [-0.4, -0.2) is 22.1 Å². The van der Waals surface area contributed by atoms with Crippen LogP contribution in [-0.2, 0) is 11.2 Å². The SMILES string of the molecule is O=C(CCc1nc2ccccc2c(=O)n1C1CC1)Nc1ccccc1OC(F)F. The lowest BCUT2D eigenvalue weighted by Crippen LogP contribution is -2.25. The molecule has 1 fully saturated rings. The van der Waals surface area contributed by atoms with E-state index < -0.39 is 6.61 Å². The van der Waals surface area contributed by atoms with Gasteiger partial charge in [0.1, 0.15) is 11.6 Å². The Labute approximate surface area is 165 Å². The van der Waals surface area contributed by atoms with E-state index in [0.29, 0.717) is 16.7 Å². The van der Waals surface area contributed by atoms with Gasteiger partial charge in [-0.05, 0) is 37.1 Å². The number of nitrogens with one attached hydrogen (secondary N) is 1. The Kier molecular flexibility index (Phi) is 5.24. The van der Waals surface area contributed by atoms with Gasteiger partial charge in [-0.3, -0.25) is 14.2 Å². The van der Waals surface area contributed by atoms with Crippen LogP contribution in [0.4, 0.5) is 14.5 Å². The van der Waals surface area contributed by atoms with E-state index in [-0.39, 0.29) is 41.8 Å². The summed E-state index contributed by atoms with van der Waals surface area (Å²) in [7, 11) is 0. The second-order valence-electron chi connectivity index (χ2n) is 6.87. The second kappa shape index (κ2) is 7.98. The minimum atomic E-state index is -2.98. The number of halogens is 2. The zero-order valence-corrected chi connectivity index (χ0v) is 15.5. The van der Waals surface area contributed by atoms with Gasteiger partial charge < -0.3 is 10.1 Å². The topological polar surface area (TPSA) is 73.2 Å². The fourth-order valence-corrected chi connectivity index (χ4v) is 3.28. The van der Waals surface area contributed by atoms with Crippen molar-refractivity contribution in [2.24, 2.45) is 0 Å². The van der Waals surface area contributed by atoms with E-state index in [2.05, 4.69) is 15.0 Å². The van der Waals surface area contributed by atoms with Crippen molar-refractivity contribution in [3.05, 3.63) is 64.7 Å². The molecule has 6 nitrogen and oxygen atoms in total. The van der Waals surface area contributed by atoms with Gasteiger partial charge in [-0.1, -0.05) is 24.3 Å². The lowest BCUT2D eigenvalue weighted by molar-refractivity contribution is -0.116. The van der Waals surface area contributed by atoms with Gasteiger partial charge in [0, 0.05) is 18.9 Å². The molecule has 0 unspecified atom stereocenters. The number of rotatable bonds is 7. The van der Waals surface area contributed by atoms with Crippen molar-refractivity contribution >= 4 is 22.5 Å². The third-order valence-corrected chi connectivity index (χ3v) is 4.75. The molecule has 3 aromatic rings. The van der Waals surface area contributed by atoms with Crippen LogP contribution in [0.3, 0.4) is 0 Å². The summed E-state index contributed by atoms with van der Waals surface area (Å²) in [6, 6.07) is 13.3. The van der Waals surface area contributed by atoms with Crippen LogP contribution in [0.5, 0.6) is 5.75 Å². The number of nitrogens with zero attached hydrogens (tertiary/aromatic N) is 2. The maximum absolute atomic E-state index is 12.8. The van der Waals surface area contributed by atoms with Crippen LogP contribution < -0.4 is 15.6 Å². The largest absolute Gasteiger partial charge is 0.433 e. The van der Waals surface area contributed by atoms with E-state index >= 15 is 0 Å². The molecule has 0 spiro atoms. The Morgan fingerprint density at radius 3 is 2.66 bits per heavy atom. The molecule has 4 rings (SSSR count). The maximum Gasteiger partial charge on any atom is 0.387 e. The van der Waals surface area contributed by atoms with Crippen molar-refractivity contribution in [2.75, 3.05) is 5.32 Å². The van der Waals surface area contributed by atoms with Crippen molar-refractivity contribution in [2.45, 2.75) is 38.3 Å². The molecule has 1 saturated carbocycles. The quantitative estimate of drug-likeness (QED) is 0.654. The molecule has 2 aromatic carbocycles. The smallest absolute Gasteiger partial charge is 0.387 e. The molecule has 0 aliphatic heterocycles. The molecule has 0 radical (unpaired) electrons. The van der Waals surface area contributed by atoms with E-state index in [1.807, 2.05) is 6.07 Å². The van der Waals surface area contributed by atoms with Gasteiger partial charge in [0.2, 0.25) is 5.91 Å². The molecule has 1 N–H and O–H groups in total. The molecule has 1 aromatic heterocycles. The number of carbonyl (C=O) groups excluding carboxylic acids is 1. The number of ether oxygens (including phenoxy) is 1. The summed E-state index contributed by atoms with van der Waals surface area (Å²) in [6.07, 6.45) is 2.15. The highest BCUT2D eigenvalue weighted by atomic mass is 19.3. The highest BCUT2D eigenvalue weighted by Gasteiger charge is 2.28. The van der Waals surface area contributed by atoms with Gasteiger partial charge >= 0.3 is 6.61 Å². The number of hydrogen-bond acceptors (Lipinski definition) is 4. The highest BCUT2D eigenvalue weighted by Crippen LogP contribution is 2.35. The summed E-state index contributed by atoms with van der Waals surface area (Å²) >= 11 is 0. The summed E-state index contributed by atoms with van der Waals surface area (Å²) in [5.41, 5.74) is 0.675. The molecule has 0 saturated heterocycles. The lowest BCUT2D eigenvalue weighted by Gasteiger charge is -2.14. The molecule has 29 heavy (non-hydrogen) atoms. The Hall–Kier alpha value is -3.29. The molecule has 1 aliphatic rings. The summed E-state index contributed by atoms with van der Waals surface area (Å²) in [4.78, 5) is 29.8. The van der Waals surface area contributed by atoms with E-state index in [0.717, 1.165) is 12.8 Å². The molecule has 8 heteroatoms. The van der Waals surface area contributed by atoms with Crippen LogP contribution in [0.15, 0.2) is 53.3 Å². The number of anilines is 1. The molecule has 1 aliphatic carbocycles. The number of alkyl halides is 2. The third-order valence-electron chi connectivity index (χ3n) is 4.75. The summed E-state index contributed by atoms with van der Waals surface area (Å²) < 4.78 is 31.2. The predicted octanol–water partition coefficient (Wildman–Crippen LogP) is 3.90. The normalized spacial score (nSPS) is 13.6. The maximum atomic E-state index is 12.8. The number of aryl methyl sites for hydroxylation is 1. The van der Waals surface area contributed by atoms with Crippen molar-refractivity contribution in [3.8, 4) is 5.75 Å². The zero-order valence-electron chi connectivity index (χ0n) is 15.5. The van der Waals surface area contributed by atoms with Crippen LogP contribution in [0.1, 0.15) is 31.1 Å². The monoisotopic (exact) mass is 399 g/mol. The van der Waals surface area contributed by atoms with Gasteiger partial charge in [-0.2, -0.15) is 8.78 Å². The van der Waals surface area contributed by atoms with E-state index in [1.54, 1.807) is 34.9 Å². The first-order valence-corrected chi connectivity index (χ1v) is 9.37. The molecule has 150 valence electrons. The van der Waals surface area contributed by atoms with Crippen LogP contribution in [0.2, 0.25) is 0 Å². The molecule has 1 amide bonds. The highest BCUT2D eigenvalue weighted by molar-refractivity contribution is 5.92. The van der Waals surface area contributed by atoms with Gasteiger partial charge in [0.05, 0.1) is 16.6 Å². The molecule has 0 bridgehead atoms. The minimum absolute atomic E-state index is 0.0561. The Morgan fingerprint density at radius 1 is 1.17 bits per heavy atom. The fraction of sp³-hybridized carbons (Fsp3) is 0.286. The first-order valence-electron chi connectivity index (χ1n) is 9.37. The average Bonchev–Trinajstić information content (AvgIpc) is 3.52. The van der Waals surface area contributed by atoms with Crippen molar-refractivity contribution in [1.82, 2.24) is 9.55 Å². The van der Waals surface area contributed by atoms with E-state index in [4.69, 9.17) is 0 Å². The summed E-state index contributed by atoms with van der Waals surface area (Å²) in [5, 5.41) is 3.15. The lowest BCUT2D eigenvalue weighted by atomic mass is 10.2. The number of aromatic nitrogens is 2. The standard InChI is InChI=1S/C21H19F2N3O3/c22-21(23)29-17-8-4-3-7-16(17)25-19(27)12-11-18-24-15-6-2-1-5-14(15)20(28)26(18)13-9-10-13/h1-8,13,21H,9-12H2,(H,25,27). The van der Waals surface area contributed by atoms with Crippen molar-refractivity contribution in [3.63, 3.8) is 0 Å². The molecule has 1 heterocycles. The molecular weight excluding hydrogens is 380 g/mol. The fourth-order valence-electron chi connectivity index (χ4n) is 3.28.